The highest BCUT2D eigenvalue weighted by molar-refractivity contribution is 7.90. The number of carboxylic acids is 1. The van der Waals surface area contributed by atoms with Crippen molar-refractivity contribution in [2.75, 3.05) is 17.4 Å². The third kappa shape index (κ3) is 4.05. The lowest BCUT2D eigenvalue weighted by Gasteiger charge is -2.07. The Morgan fingerprint density at radius 3 is 2.23 bits per heavy atom. The van der Waals surface area contributed by atoms with Crippen molar-refractivity contribution < 1.29 is 22.7 Å². The highest BCUT2D eigenvalue weighted by Crippen LogP contribution is 2.23. The van der Waals surface area contributed by atoms with E-state index >= 15 is 0 Å². The summed E-state index contributed by atoms with van der Waals surface area (Å²) in [5.74, 6) is -2.29. The van der Waals surface area contributed by atoms with Gasteiger partial charge < -0.3 is 10.4 Å². The molecule has 2 N–H and O–H groups in total. The molecule has 7 heteroatoms. The first-order valence-electron chi connectivity index (χ1n) is 6.31. The van der Waals surface area contributed by atoms with Crippen LogP contribution in [0.3, 0.4) is 0 Å². The number of hydrogen-bond acceptors (Lipinski definition) is 4. The van der Waals surface area contributed by atoms with Crippen molar-refractivity contribution in [3.8, 4) is 11.1 Å². The van der Waals surface area contributed by atoms with E-state index in [4.69, 9.17) is 5.11 Å². The first-order chi connectivity index (χ1) is 10.3. The Labute approximate surface area is 127 Å². The highest BCUT2D eigenvalue weighted by atomic mass is 32.2. The molecule has 0 aliphatic carbocycles. The predicted molar refractivity (Wildman–Crippen MR) is 82.1 cm³/mol. The van der Waals surface area contributed by atoms with Crippen LogP contribution in [0.2, 0.25) is 0 Å². The molecular formula is C15H14FNO4S. The maximum Gasteiger partial charge on any atom is 0.338 e. The summed E-state index contributed by atoms with van der Waals surface area (Å²) in [5.41, 5.74) is 1.48. The second-order valence-electron chi connectivity index (χ2n) is 4.82. The van der Waals surface area contributed by atoms with Crippen molar-refractivity contribution in [1.82, 2.24) is 0 Å². The summed E-state index contributed by atoms with van der Waals surface area (Å²) in [5, 5.41) is 11.5. The lowest BCUT2D eigenvalue weighted by molar-refractivity contribution is 0.0692. The van der Waals surface area contributed by atoms with Crippen LogP contribution >= 0.6 is 0 Å². The van der Waals surface area contributed by atoms with E-state index in [2.05, 4.69) is 5.32 Å². The summed E-state index contributed by atoms with van der Waals surface area (Å²) >= 11 is 0. The van der Waals surface area contributed by atoms with Gasteiger partial charge in [0.15, 0.2) is 9.84 Å². The SMILES string of the molecule is CS(=O)(=O)CNc1ccc(-c2ccc(C(=O)O)c(F)c2)cc1. The number of carbonyl (C=O) groups is 1. The molecule has 22 heavy (non-hydrogen) atoms. The van der Waals surface area contributed by atoms with Crippen LogP contribution in [0.5, 0.6) is 0 Å². The van der Waals surface area contributed by atoms with E-state index in [-0.39, 0.29) is 11.4 Å². The molecule has 0 amide bonds. The standard InChI is InChI=1S/C15H14FNO4S/c1-22(20,21)9-17-12-5-2-10(3-6-12)11-4-7-13(15(18)19)14(16)8-11/h2-8,17H,9H2,1H3,(H,18,19). The molecule has 0 bridgehead atoms. The van der Waals surface area contributed by atoms with E-state index in [0.717, 1.165) is 12.3 Å². The third-order valence-corrected chi connectivity index (χ3v) is 3.62. The molecule has 116 valence electrons. The average Bonchev–Trinajstić information content (AvgIpc) is 2.44. The third-order valence-electron chi connectivity index (χ3n) is 2.96. The smallest absolute Gasteiger partial charge is 0.338 e. The van der Waals surface area contributed by atoms with Gasteiger partial charge in [0.05, 0.1) is 5.56 Å². The van der Waals surface area contributed by atoms with Crippen LogP contribution in [0.4, 0.5) is 10.1 Å². The normalized spacial score (nSPS) is 11.2. The summed E-state index contributed by atoms with van der Waals surface area (Å²) in [7, 11) is -3.12. The molecule has 5 nitrogen and oxygen atoms in total. The minimum Gasteiger partial charge on any atom is -0.478 e. The van der Waals surface area contributed by atoms with E-state index < -0.39 is 21.6 Å². The van der Waals surface area contributed by atoms with E-state index in [1.165, 1.54) is 12.1 Å². The Kier molecular flexibility index (Phi) is 4.46. The lowest BCUT2D eigenvalue weighted by Crippen LogP contribution is -2.12. The molecule has 2 aromatic carbocycles. The van der Waals surface area contributed by atoms with Crippen molar-refractivity contribution in [3.05, 3.63) is 53.8 Å². The summed E-state index contributed by atoms with van der Waals surface area (Å²) in [6.45, 7) is 0. The van der Waals surface area contributed by atoms with E-state index in [1.54, 1.807) is 24.3 Å². The quantitative estimate of drug-likeness (QED) is 0.883. The van der Waals surface area contributed by atoms with E-state index in [1.807, 2.05) is 0 Å². The molecule has 0 aromatic heterocycles. The number of rotatable bonds is 5. The second-order valence-corrected chi connectivity index (χ2v) is 6.96. The zero-order chi connectivity index (χ0) is 16.3. The Morgan fingerprint density at radius 1 is 1.14 bits per heavy atom. The van der Waals surface area contributed by atoms with Gasteiger partial charge in [0.2, 0.25) is 0 Å². The van der Waals surface area contributed by atoms with Crippen LogP contribution in [0.15, 0.2) is 42.5 Å². The highest BCUT2D eigenvalue weighted by Gasteiger charge is 2.11. The first-order valence-corrected chi connectivity index (χ1v) is 8.37. The number of aromatic carboxylic acids is 1. The van der Waals surface area contributed by atoms with Gasteiger partial charge in [-0.15, -0.1) is 0 Å². The van der Waals surface area contributed by atoms with Gasteiger partial charge in [0.25, 0.3) is 0 Å². The van der Waals surface area contributed by atoms with Crippen LogP contribution in [0.1, 0.15) is 10.4 Å². The summed E-state index contributed by atoms with van der Waals surface area (Å²) in [6.07, 6.45) is 1.13. The van der Waals surface area contributed by atoms with Gasteiger partial charge in [-0.05, 0) is 35.4 Å². The Hall–Kier alpha value is -2.41. The first kappa shape index (κ1) is 16.0. The molecule has 0 radical (unpaired) electrons. The number of benzene rings is 2. The molecule has 0 spiro atoms. The zero-order valence-corrected chi connectivity index (χ0v) is 12.5. The summed E-state index contributed by atoms with van der Waals surface area (Å²) < 4.78 is 35.8. The fourth-order valence-electron chi connectivity index (χ4n) is 1.86. The number of hydrogen-bond donors (Lipinski definition) is 2. The molecule has 0 saturated heterocycles. The van der Waals surface area contributed by atoms with Gasteiger partial charge in [0, 0.05) is 11.9 Å². The molecule has 0 heterocycles. The molecule has 2 rings (SSSR count). The van der Waals surface area contributed by atoms with Crippen LogP contribution in [-0.2, 0) is 9.84 Å². The fraction of sp³-hybridized carbons (Fsp3) is 0.133. The number of anilines is 1. The van der Waals surface area contributed by atoms with Gasteiger partial charge in [-0.3, -0.25) is 0 Å². The molecule has 0 saturated carbocycles. The average molecular weight is 323 g/mol. The van der Waals surface area contributed by atoms with Crippen molar-refractivity contribution in [2.24, 2.45) is 0 Å². The second kappa shape index (κ2) is 6.15. The number of nitrogens with one attached hydrogen (secondary N) is 1. The predicted octanol–water partition coefficient (Wildman–Crippen LogP) is 2.60. The van der Waals surface area contributed by atoms with Gasteiger partial charge >= 0.3 is 5.97 Å². The molecule has 0 atom stereocenters. The number of sulfone groups is 1. The molecule has 2 aromatic rings. The van der Waals surface area contributed by atoms with Crippen molar-refractivity contribution in [3.63, 3.8) is 0 Å². The van der Waals surface area contributed by atoms with Crippen LogP contribution < -0.4 is 5.32 Å². The largest absolute Gasteiger partial charge is 0.478 e. The molecule has 0 aliphatic heterocycles. The maximum atomic E-state index is 13.7. The summed E-state index contributed by atoms with van der Waals surface area (Å²) in [6, 6.07) is 10.6. The van der Waals surface area contributed by atoms with Crippen LogP contribution in [-0.4, -0.2) is 31.6 Å². The topological polar surface area (TPSA) is 83.5 Å². The minimum absolute atomic E-state index is 0.172. The van der Waals surface area contributed by atoms with Gasteiger partial charge in [0.1, 0.15) is 11.7 Å². The molecule has 0 unspecified atom stereocenters. The Morgan fingerprint density at radius 2 is 1.73 bits per heavy atom. The molecule has 0 aliphatic rings. The van der Waals surface area contributed by atoms with Crippen molar-refractivity contribution in [2.45, 2.75) is 0 Å². The number of carboxylic acid groups (broad SMARTS) is 1. The number of halogens is 1. The maximum absolute atomic E-state index is 13.7. The zero-order valence-electron chi connectivity index (χ0n) is 11.7. The minimum atomic E-state index is -3.12. The monoisotopic (exact) mass is 323 g/mol. The van der Waals surface area contributed by atoms with Crippen molar-refractivity contribution >= 4 is 21.5 Å². The fourth-order valence-corrected chi connectivity index (χ4v) is 2.29. The van der Waals surface area contributed by atoms with E-state index in [9.17, 15) is 17.6 Å². The molecular weight excluding hydrogens is 309 g/mol. The van der Waals surface area contributed by atoms with Gasteiger partial charge in [-0.25, -0.2) is 17.6 Å². The van der Waals surface area contributed by atoms with E-state index in [0.29, 0.717) is 16.8 Å². The molecule has 0 fully saturated rings. The Balaban J connectivity index is 2.20. The summed E-state index contributed by atoms with van der Waals surface area (Å²) in [4.78, 5) is 10.8. The Bertz CT molecular complexity index is 801. The van der Waals surface area contributed by atoms with Crippen LogP contribution in [0.25, 0.3) is 11.1 Å². The van der Waals surface area contributed by atoms with Crippen molar-refractivity contribution in [1.29, 1.82) is 0 Å². The lowest BCUT2D eigenvalue weighted by atomic mass is 10.0. The van der Waals surface area contributed by atoms with Crippen LogP contribution in [0, 0.1) is 5.82 Å². The van der Waals surface area contributed by atoms with Gasteiger partial charge in [-0.2, -0.15) is 0 Å². The van der Waals surface area contributed by atoms with Gasteiger partial charge in [-0.1, -0.05) is 18.2 Å².